The normalized spacial score (nSPS) is 12.5. The molecule has 4 nitrogen and oxygen atoms in total. The topological polar surface area (TPSA) is 55.4 Å². The van der Waals surface area contributed by atoms with Gasteiger partial charge in [-0.2, -0.15) is 0 Å². The zero-order valence-corrected chi connectivity index (χ0v) is 15.5. The molecule has 26 heavy (non-hydrogen) atoms. The molecule has 0 saturated heterocycles. The van der Waals surface area contributed by atoms with Crippen LogP contribution in [0.1, 0.15) is 18.5 Å². The molecule has 3 rings (SSSR count). The average molecular weight is 367 g/mol. The summed E-state index contributed by atoms with van der Waals surface area (Å²) < 4.78 is 33.1. The van der Waals surface area contributed by atoms with Gasteiger partial charge in [-0.3, -0.25) is 0 Å². The average Bonchev–Trinajstić information content (AvgIpc) is 2.68. The summed E-state index contributed by atoms with van der Waals surface area (Å²) in [6, 6.07) is 23.7. The second-order valence-corrected chi connectivity index (χ2v) is 7.72. The number of methoxy groups -OCH3 is 1. The third-order valence-electron chi connectivity index (χ3n) is 4.22. The summed E-state index contributed by atoms with van der Waals surface area (Å²) in [6.45, 7) is 1.82. The van der Waals surface area contributed by atoms with E-state index in [4.69, 9.17) is 4.74 Å². The van der Waals surface area contributed by atoms with Crippen molar-refractivity contribution in [3.05, 3.63) is 84.4 Å². The van der Waals surface area contributed by atoms with Crippen molar-refractivity contribution in [1.29, 1.82) is 0 Å². The monoisotopic (exact) mass is 367 g/mol. The van der Waals surface area contributed by atoms with Gasteiger partial charge in [0.25, 0.3) is 0 Å². The molecule has 0 heterocycles. The predicted molar refractivity (Wildman–Crippen MR) is 104 cm³/mol. The summed E-state index contributed by atoms with van der Waals surface area (Å²) in [7, 11) is -2.01. The number of benzene rings is 3. The predicted octanol–water partition coefficient (Wildman–Crippen LogP) is 4.40. The lowest BCUT2D eigenvalue weighted by atomic mass is 10.1. The molecule has 1 unspecified atom stereocenters. The summed E-state index contributed by atoms with van der Waals surface area (Å²) in [5.41, 5.74) is 2.90. The first-order valence-electron chi connectivity index (χ1n) is 8.31. The highest BCUT2D eigenvalue weighted by molar-refractivity contribution is 7.89. The van der Waals surface area contributed by atoms with Crippen LogP contribution >= 0.6 is 0 Å². The van der Waals surface area contributed by atoms with Crippen LogP contribution in [0, 0.1) is 0 Å². The second-order valence-electron chi connectivity index (χ2n) is 6.01. The fourth-order valence-corrected chi connectivity index (χ4v) is 3.95. The largest absolute Gasteiger partial charge is 0.497 e. The molecule has 0 aromatic heterocycles. The first kappa shape index (κ1) is 18.2. The zero-order chi connectivity index (χ0) is 18.6. The van der Waals surface area contributed by atoms with E-state index in [1.54, 1.807) is 19.2 Å². The maximum absolute atomic E-state index is 12.7. The molecular formula is C21H21NO3S. The number of rotatable bonds is 6. The minimum Gasteiger partial charge on any atom is -0.497 e. The summed E-state index contributed by atoms with van der Waals surface area (Å²) >= 11 is 0. The molecule has 0 aliphatic heterocycles. The molecule has 0 radical (unpaired) electrons. The number of sulfonamides is 1. The maximum atomic E-state index is 12.7. The molecule has 0 fully saturated rings. The van der Waals surface area contributed by atoms with Crippen molar-refractivity contribution in [2.45, 2.75) is 17.9 Å². The van der Waals surface area contributed by atoms with E-state index >= 15 is 0 Å². The summed E-state index contributed by atoms with van der Waals surface area (Å²) in [5, 5.41) is 0. The van der Waals surface area contributed by atoms with Crippen molar-refractivity contribution < 1.29 is 13.2 Å². The van der Waals surface area contributed by atoms with E-state index < -0.39 is 10.0 Å². The van der Waals surface area contributed by atoms with Crippen molar-refractivity contribution in [2.24, 2.45) is 0 Å². The van der Waals surface area contributed by atoms with Gasteiger partial charge < -0.3 is 4.74 Å². The molecule has 1 atom stereocenters. The standard InChI is InChI=1S/C21H21NO3S/c1-16(17-8-12-20(25-2)13-9-17)22-26(23,24)21-14-10-19(11-15-21)18-6-4-3-5-7-18/h3-16,22H,1-2H3. The molecule has 5 heteroatoms. The highest BCUT2D eigenvalue weighted by Crippen LogP contribution is 2.23. The van der Waals surface area contributed by atoms with E-state index in [0.717, 1.165) is 22.4 Å². The van der Waals surface area contributed by atoms with Gasteiger partial charge in [-0.15, -0.1) is 0 Å². The lowest BCUT2D eigenvalue weighted by molar-refractivity contribution is 0.414. The van der Waals surface area contributed by atoms with Crippen LogP contribution in [0.2, 0.25) is 0 Å². The van der Waals surface area contributed by atoms with Gasteiger partial charge in [-0.25, -0.2) is 13.1 Å². The van der Waals surface area contributed by atoms with Gasteiger partial charge in [0.15, 0.2) is 0 Å². The van der Waals surface area contributed by atoms with Crippen LogP contribution < -0.4 is 9.46 Å². The van der Waals surface area contributed by atoms with E-state index in [1.165, 1.54) is 0 Å². The lowest BCUT2D eigenvalue weighted by Gasteiger charge is -2.15. The van der Waals surface area contributed by atoms with Crippen LogP contribution in [0.4, 0.5) is 0 Å². The van der Waals surface area contributed by atoms with Crippen molar-refractivity contribution in [3.63, 3.8) is 0 Å². The maximum Gasteiger partial charge on any atom is 0.241 e. The third kappa shape index (κ3) is 4.12. The van der Waals surface area contributed by atoms with Crippen LogP contribution in [0.15, 0.2) is 83.8 Å². The van der Waals surface area contributed by atoms with Gasteiger partial charge in [-0.05, 0) is 47.9 Å². The SMILES string of the molecule is COc1ccc(C(C)NS(=O)(=O)c2ccc(-c3ccccc3)cc2)cc1. The van der Waals surface area contributed by atoms with E-state index in [-0.39, 0.29) is 10.9 Å². The molecule has 3 aromatic carbocycles. The first-order valence-corrected chi connectivity index (χ1v) is 9.80. The molecule has 0 saturated carbocycles. The van der Waals surface area contributed by atoms with Crippen molar-refractivity contribution >= 4 is 10.0 Å². The van der Waals surface area contributed by atoms with E-state index in [0.29, 0.717) is 0 Å². The molecule has 3 aromatic rings. The first-order chi connectivity index (χ1) is 12.5. The highest BCUT2D eigenvalue weighted by atomic mass is 32.2. The molecule has 134 valence electrons. The van der Waals surface area contributed by atoms with Gasteiger partial charge in [0.05, 0.1) is 12.0 Å². The molecule has 0 spiro atoms. The van der Waals surface area contributed by atoms with E-state index in [2.05, 4.69) is 4.72 Å². The molecular weight excluding hydrogens is 346 g/mol. The molecule has 0 amide bonds. The fraction of sp³-hybridized carbons (Fsp3) is 0.143. The Morgan fingerprint density at radius 2 is 1.38 bits per heavy atom. The Balaban J connectivity index is 1.77. The summed E-state index contributed by atoms with van der Waals surface area (Å²) in [5.74, 6) is 0.736. The Kier molecular flexibility index (Phi) is 5.40. The van der Waals surface area contributed by atoms with Crippen molar-refractivity contribution in [1.82, 2.24) is 4.72 Å². The number of ether oxygens (including phenoxy) is 1. The zero-order valence-electron chi connectivity index (χ0n) is 14.7. The van der Waals surface area contributed by atoms with Gasteiger partial charge in [0, 0.05) is 6.04 Å². The summed E-state index contributed by atoms with van der Waals surface area (Å²) in [4.78, 5) is 0.248. The lowest BCUT2D eigenvalue weighted by Crippen LogP contribution is -2.26. The summed E-state index contributed by atoms with van der Waals surface area (Å²) in [6.07, 6.45) is 0. The minimum atomic E-state index is -3.60. The smallest absolute Gasteiger partial charge is 0.241 e. The van der Waals surface area contributed by atoms with Crippen LogP contribution in [0.5, 0.6) is 5.75 Å². The quantitative estimate of drug-likeness (QED) is 0.702. The number of hydrogen-bond donors (Lipinski definition) is 1. The number of nitrogens with one attached hydrogen (secondary N) is 1. The van der Waals surface area contributed by atoms with Crippen LogP contribution in [-0.4, -0.2) is 15.5 Å². The van der Waals surface area contributed by atoms with E-state index in [9.17, 15) is 8.42 Å². The van der Waals surface area contributed by atoms with Crippen LogP contribution in [-0.2, 0) is 10.0 Å². The second kappa shape index (κ2) is 7.72. The van der Waals surface area contributed by atoms with Crippen LogP contribution in [0.25, 0.3) is 11.1 Å². The van der Waals surface area contributed by atoms with Gasteiger partial charge in [0.1, 0.15) is 5.75 Å². The van der Waals surface area contributed by atoms with Gasteiger partial charge >= 0.3 is 0 Å². The Morgan fingerprint density at radius 1 is 0.808 bits per heavy atom. The Labute approximate surface area is 154 Å². The molecule has 0 aliphatic carbocycles. The van der Waals surface area contributed by atoms with Crippen molar-refractivity contribution in [2.75, 3.05) is 7.11 Å². The molecule has 0 aliphatic rings. The minimum absolute atomic E-state index is 0.248. The Hall–Kier alpha value is -2.63. The molecule has 0 bridgehead atoms. The Bertz CT molecular complexity index is 950. The highest BCUT2D eigenvalue weighted by Gasteiger charge is 2.18. The van der Waals surface area contributed by atoms with E-state index in [1.807, 2.05) is 73.7 Å². The number of hydrogen-bond acceptors (Lipinski definition) is 3. The van der Waals surface area contributed by atoms with Crippen molar-refractivity contribution in [3.8, 4) is 16.9 Å². The van der Waals surface area contributed by atoms with Gasteiger partial charge in [0.2, 0.25) is 10.0 Å². The Morgan fingerprint density at radius 3 is 1.96 bits per heavy atom. The van der Waals surface area contributed by atoms with Gasteiger partial charge in [-0.1, -0.05) is 54.6 Å². The fourth-order valence-electron chi connectivity index (χ4n) is 2.72. The van der Waals surface area contributed by atoms with Crippen LogP contribution in [0.3, 0.4) is 0 Å². The molecule has 1 N–H and O–H groups in total. The third-order valence-corrected chi connectivity index (χ3v) is 5.78.